The van der Waals surface area contributed by atoms with Crippen molar-refractivity contribution in [1.82, 2.24) is 10.3 Å². The largest absolute Gasteiger partial charge is 0.573 e. The number of aliphatic imine (C=N–C) groups is 1. The molecule has 1 atom stereocenters. The molecular formula is C22H17ClF4N6O. The smallest absolute Gasteiger partial charge is 0.405 e. The van der Waals surface area contributed by atoms with Crippen molar-refractivity contribution in [2.24, 2.45) is 4.99 Å². The SMILES string of the molecule is Nc1cccc(NC2(c3ccccc3OC(F)(F)F)N=C(Nc3cccc(Cl)c3)NC=C2F)n1. The second kappa shape index (κ2) is 9.10. The summed E-state index contributed by atoms with van der Waals surface area (Å²) in [7, 11) is 0. The highest BCUT2D eigenvalue weighted by atomic mass is 35.5. The lowest BCUT2D eigenvalue weighted by molar-refractivity contribution is -0.275. The summed E-state index contributed by atoms with van der Waals surface area (Å²) in [6.07, 6.45) is -4.06. The Morgan fingerprint density at radius 1 is 1.03 bits per heavy atom. The molecule has 5 N–H and O–H groups in total. The van der Waals surface area contributed by atoms with Crippen LogP contribution in [0, 0.1) is 0 Å². The van der Waals surface area contributed by atoms with Crippen LogP contribution in [-0.2, 0) is 5.66 Å². The number of anilines is 3. The number of guanidine groups is 1. The van der Waals surface area contributed by atoms with Crippen LogP contribution in [0.1, 0.15) is 5.56 Å². The molecule has 2 heterocycles. The highest BCUT2D eigenvalue weighted by molar-refractivity contribution is 6.30. The molecule has 0 saturated carbocycles. The van der Waals surface area contributed by atoms with Gasteiger partial charge in [0.1, 0.15) is 17.4 Å². The van der Waals surface area contributed by atoms with Gasteiger partial charge < -0.3 is 26.4 Å². The van der Waals surface area contributed by atoms with E-state index >= 15 is 4.39 Å². The van der Waals surface area contributed by atoms with Crippen LogP contribution >= 0.6 is 11.6 Å². The Kier molecular flexibility index (Phi) is 6.20. The van der Waals surface area contributed by atoms with Gasteiger partial charge in [-0.05, 0) is 36.4 Å². The lowest BCUT2D eigenvalue weighted by atomic mass is 9.96. The van der Waals surface area contributed by atoms with Gasteiger partial charge in [0.15, 0.2) is 5.83 Å². The lowest BCUT2D eigenvalue weighted by Gasteiger charge is -2.35. The first-order chi connectivity index (χ1) is 16.1. The van der Waals surface area contributed by atoms with E-state index in [1.54, 1.807) is 30.3 Å². The molecule has 0 fully saturated rings. The number of nitrogens with one attached hydrogen (secondary N) is 3. The van der Waals surface area contributed by atoms with Gasteiger partial charge in [-0.3, -0.25) is 0 Å². The third-order valence-electron chi connectivity index (χ3n) is 4.63. The Labute approximate surface area is 196 Å². The minimum atomic E-state index is -5.02. The Bertz CT molecular complexity index is 1270. The molecule has 0 amide bonds. The molecule has 2 aromatic carbocycles. The lowest BCUT2D eigenvalue weighted by Crippen LogP contribution is -2.44. The van der Waals surface area contributed by atoms with Crippen molar-refractivity contribution in [2.45, 2.75) is 12.0 Å². The molecule has 12 heteroatoms. The van der Waals surface area contributed by atoms with Crippen LogP contribution in [0.15, 0.2) is 83.7 Å². The highest BCUT2D eigenvalue weighted by Gasteiger charge is 2.44. The minimum absolute atomic E-state index is 0.0156. The maximum atomic E-state index is 15.5. The Hall–Kier alpha value is -3.99. The summed E-state index contributed by atoms with van der Waals surface area (Å²) in [6.45, 7) is 0. The van der Waals surface area contributed by atoms with E-state index in [-0.39, 0.29) is 23.2 Å². The number of nitrogens with two attached hydrogens (primary N) is 1. The van der Waals surface area contributed by atoms with E-state index in [4.69, 9.17) is 17.3 Å². The van der Waals surface area contributed by atoms with Crippen LogP contribution in [0.4, 0.5) is 34.9 Å². The topological polar surface area (TPSA) is 96.6 Å². The van der Waals surface area contributed by atoms with Crippen LogP contribution in [-0.4, -0.2) is 17.3 Å². The van der Waals surface area contributed by atoms with Crippen LogP contribution in [0.3, 0.4) is 0 Å². The molecule has 1 aliphatic rings. The molecule has 176 valence electrons. The number of alkyl halides is 3. The van der Waals surface area contributed by atoms with Gasteiger partial charge in [-0.2, -0.15) is 0 Å². The van der Waals surface area contributed by atoms with Crippen molar-refractivity contribution >= 4 is 34.9 Å². The fraction of sp³-hybridized carbons (Fsp3) is 0.0909. The van der Waals surface area contributed by atoms with Crippen molar-refractivity contribution in [1.29, 1.82) is 0 Å². The van der Waals surface area contributed by atoms with Gasteiger partial charge in [-0.1, -0.05) is 41.9 Å². The van der Waals surface area contributed by atoms with Gasteiger partial charge in [0.2, 0.25) is 11.6 Å². The van der Waals surface area contributed by atoms with Crippen LogP contribution < -0.4 is 26.4 Å². The number of rotatable bonds is 5. The number of nitrogen functional groups attached to an aromatic ring is 1. The number of hydrogen-bond donors (Lipinski definition) is 4. The first-order valence-corrected chi connectivity index (χ1v) is 10.1. The predicted octanol–water partition coefficient (Wildman–Crippen LogP) is 5.36. The maximum absolute atomic E-state index is 15.5. The van der Waals surface area contributed by atoms with Crippen LogP contribution in [0.5, 0.6) is 5.75 Å². The number of benzene rings is 2. The minimum Gasteiger partial charge on any atom is -0.405 e. The molecule has 7 nitrogen and oxygen atoms in total. The summed E-state index contributed by atoms with van der Waals surface area (Å²) >= 11 is 6.01. The average Bonchev–Trinajstić information content (AvgIpc) is 2.75. The average molecular weight is 493 g/mol. The third-order valence-corrected chi connectivity index (χ3v) is 4.87. The Balaban J connectivity index is 1.86. The van der Waals surface area contributed by atoms with Crippen molar-refractivity contribution in [2.75, 3.05) is 16.4 Å². The van der Waals surface area contributed by atoms with Gasteiger partial charge in [0.25, 0.3) is 0 Å². The van der Waals surface area contributed by atoms with Gasteiger partial charge in [0.05, 0.1) is 0 Å². The van der Waals surface area contributed by atoms with Crippen molar-refractivity contribution in [3.8, 4) is 5.75 Å². The van der Waals surface area contributed by atoms with E-state index in [1.807, 2.05) is 0 Å². The summed E-state index contributed by atoms with van der Waals surface area (Å²) in [5.74, 6) is -1.41. The van der Waals surface area contributed by atoms with E-state index < -0.39 is 23.6 Å². The quantitative estimate of drug-likeness (QED) is 0.358. The predicted molar refractivity (Wildman–Crippen MR) is 122 cm³/mol. The first kappa shape index (κ1) is 23.2. The summed E-state index contributed by atoms with van der Waals surface area (Å²) in [5.41, 5.74) is 3.80. The number of ether oxygens (including phenoxy) is 1. The van der Waals surface area contributed by atoms with Crippen LogP contribution in [0.2, 0.25) is 5.02 Å². The van der Waals surface area contributed by atoms with Gasteiger partial charge in [0, 0.05) is 22.5 Å². The first-order valence-electron chi connectivity index (χ1n) is 9.76. The number of aromatic nitrogens is 1. The summed E-state index contributed by atoms with van der Waals surface area (Å²) < 4.78 is 59.2. The molecule has 4 rings (SSSR count). The van der Waals surface area contributed by atoms with Crippen molar-refractivity contribution in [3.05, 3.63) is 89.3 Å². The fourth-order valence-electron chi connectivity index (χ4n) is 3.29. The van der Waals surface area contributed by atoms with E-state index in [1.165, 1.54) is 30.3 Å². The molecular weight excluding hydrogens is 476 g/mol. The van der Waals surface area contributed by atoms with Crippen molar-refractivity contribution in [3.63, 3.8) is 0 Å². The number of pyridine rings is 1. The molecule has 3 aromatic rings. The third kappa shape index (κ3) is 5.15. The Morgan fingerprint density at radius 3 is 2.53 bits per heavy atom. The normalized spacial score (nSPS) is 17.8. The highest BCUT2D eigenvalue weighted by Crippen LogP contribution is 2.43. The Morgan fingerprint density at radius 2 is 1.79 bits per heavy atom. The monoisotopic (exact) mass is 492 g/mol. The molecule has 0 saturated heterocycles. The van der Waals surface area contributed by atoms with E-state index in [0.717, 1.165) is 12.3 Å². The number of hydrogen-bond acceptors (Lipinski definition) is 7. The van der Waals surface area contributed by atoms with Gasteiger partial charge in [-0.25, -0.2) is 14.4 Å². The van der Waals surface area contributed by atoms with Crippen LogP contribution in [0.25, 0.3) is 0 Å². The molecule has 1 aliphatic heterocycles. The molecule has 1 aromatic heterocycles. The van der Waals surface area contributed by atoms with E-state index in [0.29, 0.717) is 10.7 Å². The maximum Gasteiger partial charge on any atom is 0.573 e. The second-order valence-electron chi connectivity index (χ2n) is 7.06. The zero-order valence-electron chi connectivity index (χ0n) is 17.2. The zero-order chi connectivity index (χ0) is 24.3. The molecule has 0 aliphatic carbocycles. The fourth-order valence-corrected chi connectivity index (χ4v) is 3.48. The van der Waals surface area contributed by atoms with E-state index in [9.17, 15) is 13.2 Å². The number of nitrogens with zero attached hydrogens (tertiary/aromatic N) is 2. The van der Waals surface area contributed by atoms with Gasteiger partial charge in [-0.15, -0.1) is 13.2 Å². The summed E-state index contributed by atoms with van der Waals surface area (Å²) in [4.78, 5) is 8.45. The number of para-hydroxylation sites is 1. The number of halogens is 5. The van der Waals surface area contributed by atoms with E-state index in [2.05, 4.69) is 30.7 Å². The molecule has 0 radical (unpaired) electrons. The standard InChI is InChI=1S/C22H17ClF4N6O/c23-13-5-3-6-14(11-13)30-20-29-12-17(24)21(33-20,32-19-10-4-9-18(28)31-19)15-7-1-2-8-16(15)34-22(25,26)27/h1-12H,(H3,28,31,32)(H2,29,30,33). The van der Waals surface area contributed by atoms with Gasteiger partial charge >= 0.3 is 6.36 Å². The molecule has 1 unspecified atom stereocenters. The molecule has 0 spiro atoms. The summed E-state index contributed by atoms with van der Waals surface area (Å²) in [5, 5.41) is 8.77. The second-order valence-corrected chi connectivity index (χ2v) is 7.50. The molecule has 34 heavy (non-hydrogen) atoms. The molecule has 0 bridgehead atoms. The summed E-state index contributed by atoms with van der Waals surface area (Å²) in [6, 6.07) is 16.2. The van der Waals surface area contributed by atoms with Crippen molar-refractivity contribution < 1.29 is 22.3 Å². The zero-order valence-corrected chi connectivity index (χ0v) is 18.0.